The van der Waals surface area contributed by atoms with Gasteiger partial charge >= 0.3 is 0 Å². The second kappa shape index (κ2) is 5.98. The number of para-hydroxylation sites is 1. The minimum absolute atomic E-state index is 0.457. The van der Waals surface area contributed by atoms with E-state index in [2.05, 4.69) is 18.2 Å². The van der Waals surface area contributed by atoms with Gasteiger partial charge in [-0.15, -0.1) is 0 Å². The van der Waals surface area contributed by atoms with Crippen molar-refractivity contribution in [3.05, 3.63) is 47.0 Å². The largest absolute Gasteiger partial charge is 0.493 e. The van der Waals surface area contributed by atoms with E-state index >= 15 is 0 Å². The number of rotatable bonds is 5. The van der Waals surface area contributed by atoms with Gasteiger partial charge in [0, 0.05) is 11.8 Å². The molecule has 0 radical (unpaired) electrons. The van der Waals surface area contributed by atoms with Crippen LogP contribution in [0.5, 0.6) is 5.75 Å². The standard InChI is InChI=1S/C14H17NO2S/c1-10(2)9-17-12-6-4-3-5-11(12)14(16)13-7-8-15-18-13/h3-8,10,14,16H,9H2,1-2H3/t14-/m0/s1. The Morgan fingerprint density at radius 1 is 1.28 bits per heavy atom. The highest BCUT2D eigenvalue weighted by atomic mass is 32.1. The fourth-order valence-corrected chi connectivity index (χ4v) is 2.21. The van der Waals surface area contributed by atoms with E-state index in [-0.39, 0.29) is 0 Å². The highest BCUT2D eigenvalue weighted by molar-refractivity contribution is 7.05. The third-order valence-corrected chi connectivity index (χ3v) is 3.31. The molecule has 2 aromatic rings. The van der Waals surface area contributed by atoms with Crippen LogP contribution in [0.15, 0.2) is 36.5 Å². The number of nitrogens with zero attached hydrogens (tertiary/aromatic N) is 1. The van der Waals surface area contributed by atoms with E-state index in [0.717, 1.165) is 16.2 Å². The number of aliphatic hydroxyl groups is 1. The molecule has 2 rings (SSSR count). The van der Waals surface area contributed by atoms with Crippen molar-refractivity contribution >= 4 is 11.5 Å². The van der Waals surface area contributed by atoms with Crippen LogP contribution < -0.4 is 4.74 Å². The molecule has 0 aliphatic heterocycles. The summed E-state index contributed by atoms with van der Waals surface area (Å²) in [6.07, 6.45) is 1.03. The van der Waals surface area contributed by atoms with Gasteiger partial charge in [-0.2, -0.15) is 0 Å². The van der Waals surface area contributed by atoms with Crippen LogP contribution in [-0.4, -0.2) is 16.1 Å². The smallest absolute Gasteiger partial charge is 0.125 e. The molecule has 1 atom stereocenters. The molecule has 0 saturated carbocycles. The van der Waals surface area contributed by atoms with Gasteiger partial charge in [-0.1, -0.05) is 32.0 Å². The van der Waals surface area contributed by atoms with Crippen LogP contribution in [0.25, 0.3) is 0 Å². The fourth-order valence-electron chi connectivity index (χ4n) is 1.61. The SMILES string of the molecule is CC(C)COc1ccccc1[C@H](O)c1ccns1. The van der Waals surface area contributed by atoms with E-state index in [9.17, 15) is 5.11 Å². The van der Waals surface area contributed by atoms with Crippen LogP contribution in [0.1, 0.15) is 30.4 Å². The first kappa shape index (κ1) is 13.1. The molecule has 96 valence electrons. The highest BCUT2D eigenvalue weighted by Gasteiger charge is 2.16. The Labute approximate surface area is 111 Å². The third kappa shape index (κ3) is 3.09. The molecule has 0 aliphatic rings. The third-order valence-electron chi connectivity index (χ3n) is 2.51. The summed E-state index contributed by atoms with van der Waals surface area (Å²) in [6.45, 7) is 4.84. The summed E-state index contributed by atoms with van der Waals surface area (Å²) >= 11 is 1.30. The molecule has 1 N–H and O–H groups in total. The van der Waals surface area contributed by atoms with Gasteiger partial charge in [-0.25, -0.2) is 4.37 Å². The average molecular weight is 263 g/mol. The molecule has 0 saturated heterocycles. The van der Waals surface area contributed by atoms with Gasteiger partial charge in [0.05, 0.1) is 11.5 Å². The highest BCUT2D eigenvalue weighted by Crippen LogP contribution is 2.31. The van der Waals surface area contributed by atoms with Crippen molar-refractivity contribution in [3.63, 3.8) is 0 Å². The molecule has 0 spiro atoms. The van der Waals surface area contributed by atoms with Gasteiger partial charge in [0.2, 0.25) is 0 Å². The summed E-state index contributed by atoms with van der Waals surface area (Å²) in [4.78, 5) is 0.829. The maximum absolute atomic E-state index is 10.3. The summed E-state index contributed by atoms with van der Waals surface area (Å²) < 4.78 is 9.76. The van der Waals surface area contributed by atoms with E-state index in [1.165, 1.54) is 11.5 Å². The summed E-state index contributed by atoms with van der Waals surface area (Å²) in [5.41, 5.74) is 0.794. The predicted molar refractivity (Wildman–Crippen MR) is 73.0 cm³/mol. The average Bonchev–Trinajstić information content (AvgIpc) is 2.89. The van der Waals surface area contributed by atoms with Crippen molar-refractivity contribution < 1.29 is 9.84 Å². The number of aromatic nitrogens is 1. The first-order chi connectivity index (χ1) is 8.68. The number of benzene rings is 1. The van der Waals surface area contributed by atoms with Gasteiger partial charge in [0.25, 0.3) is 0 Å². The zero-order chi connectivity index (χ0) is 13.0. The number of hydrogen-bond donors (Lipinski definition) is 1. The first-order valence-corrected chi connectivity index (χ1v) is 6.76. The Kier molecular flexibility index (Phi) is 4.33. The molecule has 4 heteroatoms. The van der Waals surface area contributed by atoms with E-state index in [0.29, 0.717) is 12.5 Å². The molecule has 18 heavy (non-hydrogen) atoms. The quantitative estimate of drug-likeness (QED) is 0.900. The van der Waals surface area contributed by atoms with Gasteiger partial charge in [-0.3, -0.25) is 0 Å². The fraction of sp³-hybridized carbons (Fsp3) is 0.357. The summed E-state index contributed by atoms with van der Waals surface area (Å²) in [5, 5.41) is 10.3. The van der Waals surface area contributed by atoms with Crippen LogP contribution in [0.2, 0.25) is 0 Å². The van der Waals surface area contributed by atoms with Crippen LogP contribution in [0, 0.1) is 5.92 Å². The van der Waals surface area contributed by atoms with Crippen molar-refractivity contribution in [2.75, 3.05) is 6.61 Å². The van der Waals surface area contributed by atoms with Crippen LogP contribution in [0.4, 0.5) is 0 Å². The van der Waals surface area contributed by atoms with Crippen molar-refractivity contribution in [1.29, 1.82) is 0 Å². The summed E-state index contributed by atoms with van der Waals surface area (Å²) in [7, 11) is 0. The number of hydrogen-bond acceptors (Lipinski definition) is 4. The van der Waals surface area contributed by atoms with Gasteiger partial charge < -0.3 is 9.84 Å². The van der Waals surface area contributed by atoms with E-state index in [1.807, 2.05) is 30.3 Å². The zero-order valence-electron chi connectivity index (χ0n) is 10.5. The maximum atomic E-state index is 10.3. The lowest BCUT2D eigenvalue weighted by atomic mass is 10.1. The van der Waals surface area contributed by atoms with Crippen LogP contribution >= 0.6 is 11.5 Å². The van der Waals surface area contributed by atoms with Gasteiger partial charge in [0.1, 0.15) is 11.9 Å². The molecule has 0 amide bonds. The number of aliphatic hydroxyl groups excluding tert-OH is 1. The Hall–Kier alpha value is -1.39. The molecule has 3 nitrogen and oxygen atoms in total. The molecular weight excluding hydrogens is 246 g/mol. The molecule has 0 unspecified atom stereocenters. The first-order valence-electron chi connectivity index (χ1n) is 5.99. The summed E-state index contributed by atoms with van der Waals surface area (Å²) in [6, 6.07) is 9.43. The molecule has 0 fully saturated rings. The molecule has 1 heterocycles. The molecule has 1 aromatic carbocycles. The predicted octanol–water partition coefficient (Wildman–Crippen LogP) is 3.26. The Morgan fingerprint density at radius 3 is 2.72 bits per heavy atom. The lowest BCUT2D eigenvalue weighted by Gasteiger charge is -2.16. The van der Waals surface area contributed by atoms with Crippen molar-refractivity contribution in [2.24, 2.45) is 5.92 Å². The second-order valence-corrected chi connectivity index (χ2v) is 5.42. The normalized spacial score (nSPS) is 12.7. The number of ether oxygens (including phenoxy) is 1. The molecular formula is C14H17NO2S. The van der Waals surface area contributed by atoms with Crippen molar-refractivity contribution in [3.8, 4) is 5.75 Å². The van der Waals surface area contributed by atoms with Crippen LogP contribution in [0.3, 0.4) is 0 Å². The molecule has 0 aliphatic carbocycles. The van der Waals surface area contributed by atoms with Gasteiger partial charge in [0.15, 0.2) is 0 Å². The monoisotopic (exact) mass is 263 g/mol. The Bertz CT molecular complexity index is 482. The molecule has 0 bridgehead atoms. The van der Waals surface area contributed by atoms with Crippen LogP contribution in [-0.2, 0) is 0 Å². The lowest BCUT2D eigenvalue weighted by molar-refractivity contribution is 0.209. The lowest BCUT2D eigenvalue weighted by Crippen LogP contribution is -2.08. The molecule has 1 aromatic heterocycles. The minimum Gasteiger partial charge on any atom is -0.493 e. The topological polar surface area (TPSA) is 42.4 Å². The van der Waals surface area contributed by atoms with Gasteiger partial charge in [-0.05, 0) is 29.6 Å². The van der Waals surface area contributed by atoms with E-state index in [4.69, 9.17) is 4.74 Å². The van der Waals surface area contributed by atoms with Crippen molar-refractivity contribution in [2.45, 2.75) is 20.0 Å². The Morgan fingerprint density at radius 2 is 2.06 bits per heavy atom. The van der Waals surface area contributed by atoms with Crippen molar-refractivity contribution in [1.82, 2.24) is 4.37 Å². The second-order valence-electron chi connectivity index (χ2n) is 4.56. The van der Waals surface area contributed by atoms with E-state index in [1.54, 1.807) is 6.20 Å². The maximum Gasteiger partial charge on any atom is 0.125 e. The zero-order valence-corrected chi connectivity index (χ0v) is 11.4. The van der Waals surface area contributed by atoms with E-state index < -0.39 is 6.10 Å². The summed E-state index contributed by atoms with van der Waals surface area (Å²) in [5.74, 6) is 1.20. The Balaban J connectivity index is 2.21. The minimum atomic E-state index is -0.666.